The van der Waals surface area contributed by atoms with Crippen molar-refractivity contribution in [3.63, 3.8) is 0 Å². The number of anilines is 2. The Kier molecular flexibility index (Phi) is 10.0. The molecule has 1 aliphatic heterocycles. The lowest BCUT2D eigenvalue weighted by atomic mass is 10.2. The fourth-order valence-electron chi connectivity index (χ4n) is 4.21. The van der Waals surface area contributed by atoms with E-state index in [-0.39, 0.29) is 50.9 Å². The van der Waals surface area contributed by atoms with E-state index in [2.05, 4.69) is 26.1 Å². The fourth-order valence-corrected chi connectivity index (χ4v) is 6.33. The maximum atomic E-state index is 13.3. The summed E-state index contributed by atoms with van der Waals surface area (Å²) >= 11 is 12.2. The molecule has 0 bridgehead atoms. The Morgan fingerprint density at radius 1 is 1.10 bits per heavy atom. The van der Waals surface area contributed by atoms with Gasteiger partial charge < -0.3 is 20.9 Å². The lowest BCUT2D eigenvalue weighted by Gasteiger charge is -2.18. The highest BCUT2D eigenvalue weighted by atomic mass is 35.5. The fraction of sp³-hybridized carbons (Fsp3) is 0.259. The number of sulfonamides is 1. The van der Waals surface area contributed by atoms with Gasteiger partial charge in [-0.25, -0.2) is 8.42 Å². The number of nitrogens with one attached hydrogen (secondary N) is 4. The van der Waals surface area contributed by atoms with Crippen molar-refractivity contribution >= 4 is 62.3 Å². The molecule has 1 aromatic heterocycles. The van der Waals surface area contributed by atoms with E-state index in [0.717, 1.165) is 0 Å². The maximum absolute atomic E-state index is 13.3. The monoisotopic (exact) mass is 633 g/mol. The zero-order valence-corrected chi connectivity index (χ0v) is 25.1. The molecule has 1 saturated heterocycles. The summed E-state index contributed by atoms with van der Waals surface area (Å²) in [4.78, 5) is 39.9. The van der Waals surface area contributed by atoms with Crippen LogP contribution in [-0.2, 0) is 14.8 Å². The van der Waals surface area contributed by atoms with Crippen LogP contribution in [0.1, 0.15) is 27.3 Å². The summed E-state index contributed by atoms with van der Waals surface area (Å²) in [6, 6.07) is 10.1. The molecule has 15 heteroatoms. The minimum Gasteiger partial charge on any atom is -0.347 e. The first-order chi connectivity index (χ1) is 20.0. The van der Waals surface area contributed by atoms with Gasteiger partial charge in [-0.15, -0.1) is 0 Å². The van der Waals surface area contributed by atoms with Crippen molar-refractivity contribution in [3.8, 4) is 0 Å². The Balaban J connectivity index is 1.38. The van der Waals surface area contributed by atoms with Gasteiger partial charge in [0.15, 0.2) is 0 Å². The molecule has 222 valence electrons. The van der Waals surface area contributed by atoms with Gasteiger partial charge in [0.25, 0.3) is 11.8 Å². The van der Waals surface area contributed by atoms with Gasteiger partial charge in [-0.2, -0.15) is 9.40 Å². The highest BCUT2D eigenvalue weighted by molar-refractivity contribution is 7.89. The molecule has 0 aliphatic carbocycles. The third-order valence-electron chi connectivity index (χ3n) is 6.27. The first kappa shape index (κ1) is 31.2. The van der Waals surface area contributed by atoms with Crippen molar-refractivity contribution in [2.45, 2.75) is 17.4 Å². The van der Waals surface area contributed by atoms with Gasteiger partial charge in [0, 0.05) is 37.4 Å². The van der Waals surface area contributed by atoms with E-state index in [4.69, 9.17) is 23.2 Å². The molecule has 3 amide bonds. The zero-order valence-electron chi connectivity index (χ0n) is 22.7. The SMILES string of the molecule is CN(C)CC=CC(=O)Nc1cccc(S(=O)(=O)N2CCC(NC(=O)c3[nH]ncc3NC(=O)c3c(Cl)cccc3Cl)C2)c1. The van der Waals surface area contributed by atoms with Gasteiger partial charge in [0.2, 0.25) is 15.9 Å². The Bertz CT molecular complexity index is 1600. The normalized spacial score (nSPS) is 15.7. The number of carbonyl (C=O) groups excluding carboxylic acids is 3. The molecule has 2 aromatic carbocycles. The summed E-state index contributed by atoms with van der Waals surface area (Å²) in [5.74, 6) is -1.58. The second kappa shape index (κ2) is 13.5. The van der Waals surface area contributed by atoms with Gasteiger partial charge in [-0.3, -0.25) is 19.5 Å². The number of H-pyrrole nitrogens is 1. The minimum absolute atomic E-state index is 0.0151. The van der Waals surface area contributed by atoms with E-state index in [9.17, 15) is 22.8 Å². The van der Waals surface area contributed by atoms with Crippen LogP contribution in [0.25, 0.3) is 0 Å². The van der Waals surface area contributed by atoms with Crippen LogP contribution in [0.4, 0.5) is 11.4 Å². The highest BCUT2D eigenvalue weighted by Crippen LogP contribution is 2.27. The lowest BCUT2D eigenvalue weighted by molar-refractivity contribution is -0.111. The van der Waals surface area contributed by atoms with Crippen molar-refractivity contribution < 1.29 is 22.8 Å². The largest absolute Gasteiger partial charge is 0.347 e. The van der Waals surface area contributed by atoms with Crippen molar-refractivity contribution in [3.05, 3.63) is 82.1 Å². The van der Waals surface area contributed by atoms with Crippen LogP contribution >= 0.6 is 23.2 Å². The number of hydrogen-bond acceptors (Lipinski definition) is 7. The smallest absolute Gasteiger partial charge is 0.271 e. The Hall–Kier alpha value is -3.75. The quantitative estimate of drug-likeness (QED) is 0.250. The third kappa shape index (κ3) is 7.55. The number of rotatable bonds is 10. The van der Waals surface area contributed by atoms with Gasteiger partial charge in [-0.05, 0) is 50.8 Å². The Morgan fingerprint density at radius 3 is 2.52 bits per heavy atom. The van der Waals surface area contributed by atoms with E-state index >= 15 is 0 Å². The summed E-state index contributed by atoms with van der Waals surface area (Å²) < 4.78 is 27.9. The first-order valence-corrected chi connectivity index (χ1v) is 15.0. The molecule has 1 unspecified atom stereocenters. The molecule has 12 nitrogen and oxygen atoms in total. The summed E-state index contributed by atoms with van der Waals surface area (Å²) in [5.41, 5.74) is 0.475. The molecule has 1 fully saturated rings. The molecule has 0 spiro atoms. The van der Waals surface area contributed by atoms with Crippen LogP contribution in [0.3, 0.4) is 0 Å². The Morgan fingerprint density at radius 2 is 1.81 bits per heavy atom. The molecular formula is C27H29Cl2N7O5S. The number of aromatic amines is 1. The van der Waals surface area contributed by atoms with E-state index in [1.54, 1.807) is 24.3 Å². The van der Waals surface area contributed by atoms with Crippen molar-refractivity contribution in [1.82, 2.24) is 24.7 Å². The zero-order chi connectivity index (χ0) is 30.4. The molecule has 3 aromatic rings. The second-order valence-electron chi connectivity index (χ2n) is 9.71. The van der Waals surface area contributed by atoms with Crippen molar-refractivity contribution in [2.75, 3.05) is 44.4 Å². The Labute approximate surface area is 253 Å². The van der Waals surface area contributed by atoms with E-state index in [0.29, 0.717) is 18.7 Å². The van der Waals surface area contributed by atoms with Crippen molar-refractivity contribution in [2.24, 2.45) is 0 Å². The molecule has 4 rings (SSSR count). The predicted octanol–water partition coefficient (Wildman–Crippen LogP) is 3.22. The van der Waals surface area contributed by atoms with Gasteiger partial charge in [-0.1, -0.05) is 41.4 Å². The van der Waals surface area contributed by atoms with Crippen molar-refractivity contribution in [1.29, 1.82) is 0 Å². The molecule has 0 radical (unpaired) electrons. The predicted molar refractivity (Wildman–Crippen MR) is 160 cm³/mol. The van der Waals surface area contributed by atoms with E-state index in [1.807, 2.05) is 19.0 Å². The number of likely N-dealkylation sites (N-methyl/N-ethyl adjacent to an activating group) is 1. The van der Waals surface area contributed by atoms with Crippen LogP contribution in [0.2, 0.25) is 10.0 Å². The number of hydrogen-bond donors (Lipinski definition) is 4. The maximum Gasteiger partial charge on any atom is 0.271 e. The number of benzene rings is 2. The first-order valence-electron chi connectivity index (χ1n) is 12.8. The average molecular weight is 635 g/mol. The molecular weight excluding hydrogens is 605 g/mol. The number of nitrogens with zero attached hydrogens (tertiary/aromatic N) is 3. The summed E-state index contributed by atoms with van der Waals surface area (Å²) in [7, 11) is -0.158. The summed E-state index contributed by atoms with van der Waals surface area (Å²) in [6.07, 6.45) is 4.72. The van der Waals surface area contributed by atoms with Gasteiger partial charge in [0.1, 0.15) is 5.69 Å². The van der Waals surface area contributed by atoms with E-state index < -0.39 is 27.9 Å². The van der Waals surface area contributed by atoms with Gasteiger partial charge >= 0.3 is 0 Å². The molecule has 42 heavy (non-hydrogen) atoms. The molecule has 0 saturated carbocycles. The molecule has 2 heterocycles. The highest BCUT2D eigenvalue weighted by Gasteiger charge is 2.34. The summed E-state index contributed by atoms with van der Waals surface area (Å²) in [6.45, 7) is 0.792. The lowest BCUT2D eigenvalue weighted by Crippen LogP contribution is -2.39. The third-order valence-corrected chi connectivity index (χ3v) is 8.76. The average Bonchev–Trinajstić information content (AvgIpc) is 3.58. The second-order valence-corrected chi connectivity index (χ2v) is 12.5. The standard InChI is InChI=1S/C27H29Cl2N7O5S/c1-35(2)12-5-10-23(37)31-17-6-3-7-19(14-17)42(40,41)36-13-11-18(16-36)32-27(39)25-22(15-30-34-25)33-26(38)24-20(28)8-4-9-21(24)29/h3-10,14-15,18H,11-13,16H2,1-2H3,(H,30,34)(H,31,37)(H,32,39)(H,33,38). The number of aromatic nitrogens is 2. The molecule has 1 aliphatic rings. The minimum atomic E-state index is -3.91. The van der Waals surface area contributed by atoms with E-state index in [1.165, 1.54) is 40.8 Å². The molecule has 1 atom stereocenters. The number of halogens is 2. The number of amides is 3. The van der Waals surface area contributed by atoms with Crippen LogP contribution in [0, 0.1) is 0 Å². The van der Waals surface area contributed by atoms with Crippen LogP contribution in [-0.4, -0.2) is 85.3 Å². The van der Waals surface area contributed by atoms with Crippen LogP contribution in [0.5, 0.6) is 0 Å². The topological polar surface area (TPSA) is 157 Å². The van der Waals surface area contributed by atoms with Crippen LogP contribution in [0.15, 0.2) is 65.7 Å². The van der Waals surface area contributed by atoms with Crippen LogP contribution < -0.4 is 16.0 Å². The number of carbonyl (C=O) groups is 3. The van der Waals surface area contributed by atoms with Gasteiger partial charge in [0.05, 0.1) is 32.4 Å². The molecule has 4 N–H and O–H groups in total. The summed E-state index contributed by atoms with van der Waals surface area (Å²) in [5, 5.41) is 14.7.